The second kappa shape index (κ2) is 4.64. The highest BCUT2D eigenvalue weighted by Crippen LogP contribution is 2.15. The summed E-state index contributed by atoms with van der Waals surface area (Å²) in [6, 6.07) is 0. The second-order valence-corrected chi connectivity index (χ2v) is 4.86. The molecule has 0 bridgehead atoms. The summed E-state index contributed by atoms with van der Waals surface area (Å²) in [6.07, 6.45) is 3.51. The van der Waals surface area contributed by atoms with Crippen molar-refractivity contribution in [1.82, 2.24) is 24.1 Å². The molecule has 0 aliphatic carbocycles. The van der Waals surface area contributed by atoms with Crippen molar-refractivity contribution in [1.29, 1.82) is 0 Å². The fraction of sp³-hybridized carbons (Fsp3) is 0.667. The van der Waals surface area contributed by atoms with E-state index in [1.54, 1.807) is 0 Å². The van der Waals surface area contributed by atoms with Crippen LogP contribution in [0.4, 0.5) is 5.95 Å². The molecule has 0 spiro atoms. The molecule has 0 atom stereocenters. The number of rotatable bonds is 2. The van der Waals surface area contributed by atoms with Crippen molar-refractivity contribution >= 4 is 11.7 Å². The topological polar surface area (TPSA) is 68.3 Å². The summed E-state index contributed by atoms with van der Waals surface area (Å²) in [7, 11) is 0. The third-order valence-corrected chi connectivity index (χ3v) is 3.60. The molecule has 0 unspecified atom stereocenters. The molecule has 3 rings (SSSR count). The number of piperidine rings is 1. The van der Waals surface area contributed by atoms with E-state index in [9.17, 15) is 4.79 Å². The van der Waals surface area contributed by atoms with Crippen LogP contribution >= 0.6 is 0 Å². The average Bonchev–Trinajstić information content (AvgIpc) is 2.76. The molecule has 7 heteroatoms. The number of hydrogen-bond donors (Lipinski definition) is 0. The molecule has 0 aromatic carbocycles. The number of aromatic nitrogens is 5. The summed E-state index contributed by atoms with van der Waals surface area (Å²) in [5.74, 6) is 1.91. The molecule has 7 nitrogen and oxygen atoms in total. The zero-order valence-electron chi connectivity index (χ0n) is 11.3. The van der Waals surface area contributed by atoms with Crippen molar-refractivity contribution in [3.63, 3.8) is 0 Å². The SMILES string of the molecule is CCn1c(C)nn2c(=O)nc(N3CCCCC3)nc12. The molecule has 0 saturated carbocycles. The zero-order valence-corrected chi connectivity index (χ0v) is 11.3. The fourth-order valence-electron chi connectivity index (χ4n) is 2.59. The molecule has 1 fully saturated rings. The minimum absolute atomic E-state index is 0.346. The number of aryl methyl sites for hydroxylation is 2. The first-order valence-corrected chi connectivity index (χ1v) is 6.80. The van der Waals surface area contributed by atoms with Gasteiger partial charge in [0.1, 0.15) is 5.82 Å². The Morgan fingerprint density at radius 1 is 1.16 bits per heavy atom. The fourth-order valence-corrected chi connectivity index (χ4v) is 2.59. The van der Waals surface area contributed by atoms with Crippen molar-refractivity contribution in [3.05, 3.63) is 16.3 Å². The highest BCUT2D eigenvalue weighted by molar-refractivity contribution is 5.38. The van der Waals surface area contributed by atoms with Crippen LogP contribution in [0.5, 0.6) is 0 Å². The van der Waals surface area contributed by atoms with Crippen molar-refractivity contribution in [2.75, 3.05) is 18.0 Å². The van der Waals surface area contributed by atoms with E-state index in [0.717, 1.165) is 38.3 Å². The highest BCUT2D eigenvalue weighted by atomic mass is 16.1. The van der Waals surface area contributed by atoms with E-state index in [0.29, 0.717) is 11.7 Å². The zero-order chi connectivity index (χ0) is 13.4. The van der Waals surface area contributed by atoms with Crippen LogP contribution in [0.3, 0.4) is 0 Å². The number of fused-ring (bicyclic) bond motifs is 1. The van der Waals surface area contributed by atoms with Gasteiger partial charge in [0.2, 0.25) is 11.7 Å². The molecule has 0 N–H and O–H groups in total. The van der Waals surface area contributed by atoms with Gasteiger partial charge in [-0.05, 0) is 33.1 Å². The van der Waals surface area contributed by atoms with Gasteiger partial charge in [0, 0.05) is 19.6 Å². The van der Waals surface area contributed by atoms with Gasteiger partial charge in [-0.1, -0.05) is 0 Å². The Morgan fingerprint density at radius 2 is 1.89 bits per heavy atom. The summed E-state index contributed by atoms with van der Waals surface area (Å²) in [5, 5.41) is 4.19. The van der Waals surface area contributed by atoms with Gasteiger partial charge in [0.15, 0.2) is 0 Å². The van der Waals surface area contributed by atoms with E-state index < -0.39 is 0 Å². The first-order valence-electron chi connectivity index (χ1n) is 6.80. The Hall–Kier alpha value is -1.92. The van der Waals surface area contributed by atoms with Crippen LogP contribution in [0.25, 0.3) is 5.78 Å². The molecule has 19 heavy (non-hydrogen) atoms. The molecule has 2 aromatic rings. The molecular formula is C12H18N6O. The van der Waals surface area contributed by atoms with Crippen molar-refractivity contribution in [3.8, 4) is 0 Å². The number of nitrogens with zero attached hydrogens (tertiary/aromatic N) is 6. The van der Waals surface area contributed by atoms with Crippen molar-refractivity contribution in [2.45, 2.75) is 39.7 Å². The minimum Gasteiger partial charge on any atom is -0.341 e. The molecule has 1 saturated heterocycles. The summed E-state index contributed by atoms with van der Waals surface area (Å²) in [4.78, 5) is 22.7. The molecule has 102 valence electrons. The summed E-state index contributed by atoms with van der Waals surface area (Å²) >= 11 is 0. The van der Waals surface area contributed by atoms with Gasteiger partial charge < -0.3 is 4.90 Å². The lowest BCUT2D eigenvalue weighted by atomic mass is 10.1. The van der Waals surface area contributed by atoms with Crippen molar-refractivity contribution in [2.24, 2.45) is 0 Å². The summed E-state index contributed by atoms with van der Waals surface area (Å²) in [5.41, 5.74) is -0.346. The monoisotopic (exact) mass is 262 g/mol. The van der Waals surface area contributed by atoms with Gasteiger partial charge in [0.05, 0.1) is 0 Å². The molecule has 0 radical (unpaired) electrons. The lowest BCUT2D eigenvalue weighted by molar-refractivity contribution is 0.565. The second-order valence-electron chi connectivity index (χ2n) is 4.86. The van der Waals surface area contributed by atoms with E-state index in [4.69, 9.17) is 0 Å². The maximum atomic E-state index is 12.0. The lowest BCUT2D eigenvalue weighted by Crippen LogP contribution is -2.34. The third-order valence-electron chi connectivity index (χ3n) is 3.60. The van der Waals surface area contributed by atoms with Crippen LogP contribution in [0, 0.1) is 6.92 Å². The van der Waals surface area contributed by atoms with Gasteiger partial charge in [-0.3, -0.25) is 4.57 Å². The van der Waals surface area contributed by atoms with Crippen LogP contribution in [-0.4, -0.2) is 37.2 Å². The number of hydrogen-bond acceptors (Lipinski definition) is 5. The quantitative estimate of drug-likeness (QED) is 0.793. The predicted octanol–water partition coefficient (Wildman–Crippen LogP) is 0.605. The smallest absolute Gasteiger partial charge is 0.341 e. The van der Waals surface area contributed by atoms with Crippen LogP contribution in [0.1, 0.15) is 32.0 Å². The molecule has 1 aliphatic heterocycles. The van der Waals surface area contributed by atoms with E-state index in [1.807, 2.05) is 18.4 Å². The lowest BCUT2D eigenvalue weighted by Gasteiger charge is -2.26. The van der Waals surface area contributed by atoms with Gasteiger partial charge >= 0.3 is 5.69 Å². The van der Waals surface area contributed by atoms with E-state index in [2.05, 4.69) is 20.0 Å². The first kappa shape index (κ1) is 12.1. The number of anilines is 1. The Bertz CT molecular complexity index is 652. The van der Waals surface area contributed by atoms with Crippen LogP contribution < -0.4 is 10.6 Å². The van der Waals surface area contributed by atoms with Gasteiger partial charge in [-0.15, -0.1) is 9.61 Å². The largest absolute Gasteiger partial charge is 0.374 e. The van der Waals surface area contributed by atoms with E-state index in [-0.39, 0.29) is 5.69 Å². The standard InChI is InChI=1S/C12H18N6O/c1-3-17-9(2)15-18-11(17)13-10(14-12(18)19)16-7-5-4-6-8-16/h3-8H2,1-2H3. The summed E-state index contributed by atoms with van der Waals surface area (Å²) < 4.78 is 3.21. The predicted molar refractivity (Wildman–Crippen MR) is 71.5 cm³/mol. The molecule has 0 amide bonds. The minimum atomic E-state index is -0.346. The molecule has 2 aromatic heterocycles. The molecule has 3 heterocycles. The summed E-state index contributed by atoms with van der Waals surface area (Å²) in [6.45, 7) is 6.48. The van der Waals surface area contributed by atoms with Gasteiger partial charge in [0.25, 0.3) is 0 Å². The van der Waals surface area contributed by atoms with Crippen LogP contribution in [0.15, 0.2) is 4.79 Å². The Labute approximate surface area is 110 Å². The molecule has 1 aliphatic rings. The Balaban J connectivity index is 2.14. The highest BCUT2D eigenvalue weighted by Gasteiger charge is 2.18. The van der Waals surface area contributed by atoms with Crippen LogP contribution in [0.2, 0.25) is 0 Å². The van der Waals surface area contributed by atoms with Crippen molar-refractivity contribution < 1.29 is 0 Å². The normalized spacial score (nSPS) is 16.2. The molecular weight excluding hydrogens is 244 g/mol. The van der Waals surface area contributed by atoms with Gasteiger partial charge in [-0.25, -0.2) is 4.79 Å². The third kappa shape index (κ3) is 1.98. The Morgan fingerprint density at radius 3 is 2.58 bits per heavy atom. The van der Waals surface area contributed by atoms with E-state index >= 15 is 0 Å². The van der Waals surface area contributed by atoms with Gasteiger partial charge in [-0.2, -0.15) is 9.97 Å². The first-order chi connectivity index (χ1) is 9.20. The van der Waals surface area contributed by atoms with Crippen LogP contribution in [-0.2, 0) is 6.54 Å². The maximum Gasteiger partial charge on any atom is 0.374 e. The maximum absolute atomic E-state index is 12.0. The average molecular weight is 262 g/mol. The van der Waals surface area contributed by atoms with E-state index in [1.165, 1.54) is 10.9 Å². The Kier molecular flexibility index (Phi) is 2.96.